The third-order valence-electron chi connectivity index (χ3n) is 3.75. The lowest BCUT2D eigenvalue weighted by atomic mass is 10.1. The van der Waals surface area contributed by atoms with Crippen molar-refractivity contribution in [2.24, 2.45) is 0 Å². The Labute approximate surface area is 123 Å². The van der Waals surface area contributed by atoms with Crippen LogP contribution in [-0.2, 0) is 0 Å². The number of nitrogens with one attached hydrogen (secondary N) is 1. The highest BCUT2D eigenvalue weighted by atomic mass is 16.5. The molecule has 0 aromatic carbocycles. The summed E-state index contributed by atoms with van der Waals surface area (Å²) in [6.45, 7) is 3.76. The standard InChI is InChI=1S/C15H20N4O2/c1-11-10-15(18-21-11)17-14-6-2-4-12(16-14)13-5-3-7-19(13)8-9-20/h2,4,6,10,13,20H,3,5,7-9H2,1H3,(H,16,17,18)/t13-/m0/s1. The predicted octanol–water partition coefficient (Wildman–Crippen LogP) is 2.25. The van der Waals surface area contributed by atoms with Gasteiger partial charge in [0.25, 0.3) is 0 Å². The molecular formula is C15H20N4O2. The molecule has 0 bridgehead atoms. The Hall–Kier alpha value is -1.92. The molecule has 1 fully saturated rings. The summed E-state index contributed by atoms with van der Waals surface area (Å²) in [7, 11) is 0. The van der Waals surface area contributed by atoms with Crippen LogP contribution in [0.15, 0.2) is 28.8 Å². The van der Waals surface area contributed by atoms with Gasteiger partial charge >= 0.3 is 0 Å². The largest absolute Gasteiger partial charge is 0.395 e. The normalized spacial score (nSPS) is 19.0. The summed E-state index contributed by atoms with van der Waals surface area (Å²) < 4.78 is 5.04. The molecule has 0 amide bonds. The molecule has 112 valence electrons. The number of nitrogens with zero attached hydrogens (tertiary/aromatic N) is 3. The first-order chi connectivity index (χ1) is 10.3. The molecule has 1 atom stereocenters. The number of likely N-dealkylation sites (tertiary alicyclic amines) is 1. The molecule has 1 aliphatic rings. The van der Waals surface area contributed by atoms with Gasteiger partial charge in [0.2, 0.25) is 0 Å². The SMILES string of the molecule is Cc1cc(Nc2cccc([C@@H]3CCCN3CCO)n2)no1. The maximum atomic E-state index is 9.15. The molecule has 0 radical (unpaired) electrons. The van der Waals surface area contributed by atoms with Crippen LogP contribution in [-0.4, -0.2) is 39.8 Å². The van der Waals surface area contributed by atoms with Gasteiger partial charge in [-0.05, 0) is 38.4 Å². The van der Waals surface area contributed by atoms with Gasteiger partial charge in [0, 0.05) is 12.6 Å². The highest BCUT2D eigenvalue weighted by Gasteiger charge is 2.26. The van der Waals surface area contributed by atoms with Crippen molar-refractivity contribution >= 4 is 11.6 Å². The maximum absolute atomic E-state index is 9.15. The van der Waals surface area contributed by atoms with Crippen LogP contribution in [0.3, 0.4) is 0 Å². The Balaban J connectivity index is 1.76. The highest BCUT2D eigenvalue weighted by molar-refractivity contribution is 5.51. The molecule has 0 aliphatic carbocycles. The minimum atomic E-state index is 0.187. The first-order valence-corrected chi connectivity index (χ1v) is 7.28. The number of hydrogen-bond donors (Lipinski definition) is 2. The van der Waals surface area contributed by atoms with Gasteiger partial charge in [0.15, 0.2) is 5.82 Å². The van der Waals surface area contributed by atoms with Gasteiger partial charge in [-0.25, -0.2) is 4.98 Å². The zero-order chi connectivity index (χ0) is 14.7. The van der Waals surface area contributed by atoms with Crippen LogP contribution in [0.25, 0.3) is 0 Å². The van der Waals surface area contributed by atoms with E-state index in [2.05, 4.69) is 20.4 Å². The van der Waals surface area contributed by atoms with Crippen molar-refractivity contribution < 1.29 is 9.63 Å². The number of hydrogen-bond acceptors (Lipinski definition) is 6. The molecule has 1 saturated heterocycles. The van der Waals surface area contributed by atoms with Crippen LogP contribution >= 0.6 is 0 Å². The van der Waals surface area contributed by atoms with Crippen molar-refractivity contribution in [1.29, 1.82) is 0 Å². The van der Waals surface area contributed by atoms with Gasteiger partial charge in [-0.1, -0.05) is 11.2 Å². The summed E-state index contributed by atoms with van der Waals surface area (Å²) in [4.78, 5) is 6.96. The molecule has 6 nitrogen and oxygen atoms in total. The Morgan fingerprint density at radius 1 is 1.43 bits per heavy atom. The Bertz CT molecular complexity index is 599. The molecule has 21 heavy (non-hydrogen) atoms. The van der Waals surface area contributed by atoms with E-state index in [4.69, 9.17) is 9.63 Å². The number of aromatic nitrogens is 2. The van der Waals surface area contributed by atoms with Crippen LogP contribution in [0.5, 0.6) is 0 Å². The maximum Gasteiger partial charge on any atom is 0.175 e. The van der Waals surface area contributed by atoms with E-state index in [-0.39, 0.29) is 12.6 Å². The van der Waals surface area contributed by atoms with Crippen molar-refractivity contribution in [3.05, 3.63) is 35.7 Å². The van der Waals surface area contributed by atoms with Crippen molar-refractivity contribution in [2.45, 2.75) is 25.8 Å². The van der Waals surface area contributed by atoms with E-state index in [0.717, 1.165) is 36.7 Å². The molecule has 2 N–H and O–H groups in total. The molecule has 2 aromatic rings. The van der Waals surface area contributed by atoms with Gasteiger partial charge in [0.05, 0.1) is 18.3 Å². The minimum Gasteiger partial charge on any atom is -0.395 e. The lowest BCUT2D eigenvalue weighted by Gasteiger charge is -2.23. The second kappa shape index (κ2) is 6.24. The zero-order valence-electron chi connectivity index (χ0n) is 12.1. The summed E-state index contributed by atoms with van der Waals surface area (Å²) >= 11 is 0. The van der Waals surface area contributed by atoms with Gasteiger partial charge < -0.3 is 14.9 Å². The first kappa shape index (κ1) is 14.0. The number of anilines is 2. The van der Waals surface area contributed by atoms with E-state index in [0.29, 0.717) is 12.4 Å². The summed E-state index contributed by atoms with van der Waals surface area (Å²) in [5, 5.41) is 16.2. The lowest BCUT2D eigenvalue weighted by Crippen LogP contribution is -2.27. The highest BCUT2D eigenvalue weighted by Crippen LogP contribution is 2.31. The van der Waals surface area contributed by atoms with Crippen molar-refractivity contribution in [2.75, 3.05) is 25.0 Å². The number of aliphatic hydroxyl groups is 1. The quantitative estimate of drug-likeness (QED) is 0.879. The van der Waals surface area contributed by atoms with Crippen LogP contribution in [0.2, 0.25) is 0 Å². The smallest absolute Gasteiger partial charge is 0.175 e. The summed E-state index contributed by atoms with van der Waals surface area (Å²) in [5.41, 5.74) is 1.03. The summed E-state index contributed by atoms with van der Waals surface area (Å²) in [6.07, 6.45) is 2.23. The third kappa shape index (κ3) is 3.22. The molecule has 3 rings (SSSR count). The average molecular weight is 288 g/mol. The second-order valence-electron chi connectivity index (χ2n) is 5.31. The number of β-amino-alcohol motifs (C(OH)–C–C–N with tert-alkyl or cyclic N) is 1. The first-order valence-electron chi connectivity index (χ1n) is 7.28. The van der Waals surface area contributed by atoms with Crippen molar-refractivity contribution in [3.63, 3.8) is 0 Å². The van der Waals surface area contributed by atoms with Gasteiger partial charge in [-0.3, -0.25) is 4.90 Å². The second-order valence-corrected chi connectivity index (χ2v) is 5.31. The molecule has 0 saturated carbocycles. The Kier molecular flexibility index (Phi) is 4.17. The van der Waals surface area contributed by atoms with Crippen LogP contribution in [0, 0.1) is 6.92 Å². The van der Waals surface area contributed by atoms with E-state index >= 15 is 0 Å². The van der Waals surface area contributed by atoms with E-state index in [9.17, 15) is 0 Å². The lowest BCUT2D eigenvalue weighted by molar-refractivity contribution is 0.184. The van der Waals surface area contributed by atoms with E-state index in [1.807, 2.05) is 31.2 Å². The van der Waals surface area contributed by atoms with E-state index < -0.39 is 0 Å². The number of aryl methyl sites for hydroxylation is 1. The zero-order valence-corrected chi connectivity index (χ0v) is 12.1. The predicted molar refractivity (Wildman–Crippen MR) is 79.4 cm³/mol. The van der Waals surface area contributed by atoms with Crippen molar-refractivity contribution in [1.82, 2.24) is 15.0 Å². The number of pyridine rings is 1. The minimum absolute atomic E-state index is 0.187. The number of rotatable bonds is 5. The Morgan fingerprint density at radius 2 is 2.33 bits per heavy atom. The van der Waals surface area contributed by atoms with Crippen molar-refractivity contribution in [3.8, 4) is 0 Å². The molecule has 3 heterocycles. The summed E-state index contributed by atoms with van der Waals surface area (Å²) in [6, 6.07) is 8.07. The van der Waals surface area contributed by atoms with Crippen LogP contribution in [0.1, 0.15) is 30.3 Å². The fourth-order valence-corrected chi connectivity index (χ4v) is 2.82. The van der Waals surface area contributed by atoms with E-state index in [1.165, 1.54) is 0 Å². The monoisotopic (exact) mass is 288 g/mol. The molecule has 0 unspecified atom stereocenters. The molecule has 2 aromatic heterocycles. The number of aliphatic hydroxyl groups excluding tert-OH is 1. The van der Waals surface area contributed by atoms with E-state index in [1.54, 1.807) is 0 Å². The Morgan fingerprint density at radius 3 is 3.10 bits per heavy atom. The van der Waals surface area contributed by atoms with Crippen LogP contribution < -0.4 is 5.32 Å². The molecular weight excluding hydrogens is 268 g/mol. The fraction of sp³-hybridized carbons (Fsp3) is 0.467. The topological polar surface area (TPSA) is 74.4 Å². The van der Waals surface area contributed by atoms with Gasteiger partial charge in [-0.15, -0.1) is 0 Å². The summed E-state index contributed by atoms with van der Waals surface area (Å²) in [5.74, 6) is 2.19. The van der Waals surface area contributed by atoms with Gasteiger partial charge in [-0.2, -0.15) is 0 Å². The average Bonchev–Trinajstić information content (AvgIpc) is 3.09. The molecule has 0 spiro atoms. The molecule has 1 aliphatic heterocycles. The fourth-order valence-electron chi connectivity index (χ4n) is 2.82. The third-order valence-corrected chi connectivity index (χ3v) is 3.75. The van der Waals surface area contributed by atoms with Gasteiger partial charge in [0.1, 0.15) is 11.6 Å². The van der Waals surface area contributed by atoms with Crippen LogP contribution in [0.4, 0.5) is 11.6 Å². The molecule has 6 heteroatoms.